The Morgan fingerprint density at radius 2 is 2.12 bits per heavy atom. The minimum atomic E-state index is -0.848. The predicted octanol–water partition coefficient (Wildman–Crippen LogP) is 2.98. The van der Waals surface area contributed by atoms with Gasteiger partial charge in [-0.1, -0.05) is 18.6 Å². The molecule has 1 atom stereocenters. The number of aromatic hydroxyl groups is 1. The molecule has 1 aliphatic rings. The van der Waals surface area contributed by atoms with Gasteiger partial charge in [-0.05, 0) is 32.3 Å². The third kappa shape index (κ3) is 3.22. The number of carboxylic acids is 1. The topological polar surface area (TPSA) is 93.1 Å². The van der Waals surface area contributed by atoms with Crippen LogP contribution >= 0.6 is 0 Å². The second kappa shape index (κ2) is 6.95. The van der Waals surface area contributed by atoms with Crippen molar-refractivity contribution in [2.45, 2.75) is 40.2 Å². The number of rotatable bonds is 6. The number of phenolic OH excluding ortho intramolecular Hbond substituents is 1. The van der Waals surface area contributed by atoms with Crippen molar-refractivity contribution >= 4 is 11.9 Å². The van der Waals surface area contributed by atoms with Crippen molar-refractivity contribution in [3.05, 3.63) is 33.9 Å². The predicted molar refractivity (Wildman–Crippen MR) is 87.4 cm³/mol. The van der Waals surface area contributed by atoms with E-state index in [1.54, 1.807) is 6.92 Å². The van der Waals surface area contributed by atoms with Crippen molar-refractivity contribution < 1.29 is 29.3 Å². The maximum atomic E-state index is 11.8. The first-order valence-corrected chi connectivity index (χ1v) is 7.74. The molecule has 2 N–H and O–H groups in total. The zero-order valence-corrected chi connectivity index (χ0v) is 14.3. The average molecular weight is 334 g/mol. The number of aliphatic carboxylic acids is 1. The van der Waals surface area contributed by atoms with Crippen LogP contribution in [0.5, 0.6) is 11.5 Å². The first-order chi connectivity index (χ1) is 11.3. The second-order valence-corrected chi connectivity index (χ2v) is 6.11. The molecular weight excluding hydrogens is 312 g/mol. The minimum Gasteiger partial charge on any atom is -0.507 e. The highest BCUT2D eigenvalue weighted by molar-refractivity contribution is 5.98. The van der Waals surface area contributed by atoms with Gasteiger partial charge in [-0.25, -0.2) is 4.79 Å². The molecule has 24 heavy (non-hydrogen) atoms. The van der Waals surface area contributed by atoms with Crippen LogP contribution in [0.25, 0.3) is 0 Å². The van der Waals surface area contributed by atoms with Crippen LogP contribution < -0.4 is 4.74 Å². The van der Waals surface area contributed by atoms with Gasteiger partial charge < -0.3 is 19.7 Å². The van der Waals surface area contributed by atoms with Gasteiger partial charge >= 0.3 is 11.9 Å². The van der Waals surface area contributed by atoms with Gasteiger partial charge in [-0.2, -0.15) is 0 Å². The summed E-state index contributed by atoms with van der Waals surface area (Å²) < 4.78 is 10.4. The van der Waals surface area contributed by atoms with Gasteiger partial charge in [0.2, 0.25) is 0 Å². The number of carbonyl (C=O) groups excluding carboxylic acids is 1. The Morgan fingerprint density at radius 3 is 2.71 bits per heavy atom. The lowest BCUT2D eigenvalue weighted by Crippen LogP contribution is -2.09. The van der Waals surface area contributed by atoms with Crippen molar-refractivity contribution in [2.75, 3.05) is 7.11 Å². The summed E-state index contributed by atoms with van der Waals surface area (Å²) in [4.78, 5) is 22.8. The third-order valence-corrected chi connectivity index (χ3v) is 4.35. The summed E-state index contributed by atoms with van der Waals surface area (Å²) in [5.74, 6) is -1.45. The SMILES string of the molecule is COc1c(C)c2c(c(O)c1CC=C(C)C[C@@H](C)C(=O)O)C(=O)OC2. The molecule has 0 spiro atoms. The first kappa shape index (κ1) is 17.8. The average Bonchev–Trinajstić information content (AvgIpc) is 2.91. The Kier molecular flexibility index (Phi) is 5.17. The summed E-state index contributed by atoms with van der Waals surface area (Å²) in [6.07, 6.45) is 2.61. The molecule has 0 fully saturated rings. The Bertz CT molecular complexity index is 717. The molecule has 1 heterocycles. The van der Waals surface area contributed by atoms with Crippen molar-refractivity contribution in [2.24, 2.45) is 5.92 Å². The van der Waals surface area contributed by atoms with Crippen LogP contribution in [0.2, 0.25) is 0 Å². The van der Waals surface area contributed by atoms with E-state index in [2.05, 4.69) is 0 Å². The molecule has 6 heteroatoms. The van der Waals surface area contributed by atoms with Gasteiger partial charge in [0, 0.05) is 11.1 Å². The van der Waals surface area contributed by atoms with E-state index in [0.29, 0.717) is 29.7 Å². The van der Waals surface area contributed by atoms with Gasteiger partial charge in [0.05, 0.1) is 13.0 Å². The molecule has 0 saturated carbocycles. The van der Waals surface area contributed by atoms with Crippen LogP contribution in [0.3, 0.4) is 0 Å². The number of carboxylic acid groups (broad SMARTS) is 1. The minimum absolute atomic E-state index is 0.120. The molecule has 2 rings (SSSR count). The standard InChI is InChI=1S/C18H22O6/c1-9(7-10(2)17(20)21)5-6-12-15(19)14-13(8-24-18(14)22)11(3)16(12)23-4/h5,10,19H,6-8H2,1-4H3,(H,20,21)/t10-/m1/s1. The quantitative estimate of drug-likeness (QED) is 0.614. The molecule has 0 amide bonds. The lowest BCUT2D eigenvalue weighted by atomic mass is 9.94. The Labute approximate surface area is 140 Å². The number of allylic oxidation sites excluding steroid dienone is 2. The molecule has 0 unspecified atom stereocenters. The van der Waals surface area contributed by atoms with Crippen LogP contribution in [0, 0.1) is 12.8 Å². The van der Waals surface area contributed by atoms with Gasteiger partial charge in [-0.3, -0.25) is 4.79 Å². The summed E-state index contributed by atoms with van der Waals surface area (Å²) >= 11 is 0. The van der Waals surface area contributed by atoms with E-state index < -0.39 is 17.9 Å². The monoisotopic (exact) mass is 334 g/mol. The fraction of sp³-hybridized carbons (Fsp3) is 0.444. The Morgan fingerprint density at radius 1 is 1.46 bits per heavy atom. The molecule has 1 aromatic rings. The van der Waals surface area contributed by atoms with Gasteiger partial charge in [0.15, 0.2) is 0 Å². The zero-order valence-electron chi connectivity index (χ0n) is 14.3. The van der Waals surface area contributed by atoms with Crippen LogP contribution in [-0.2, 0) is 22.6 Å². The van der Waals surface area contributed by atoms with E-state index in [0.717, 1.165) is 11.1 Å². The number of cyclic esters (lactones) is 1. The number of hydrogen-bond donors (Lipinski definition) is 2. The van der Waals surface area contributed by atoms with Crippen molar-refractivity contribution in [3.63, 3.8) is 0 Å². The molecule has 1 aliphatic heterocycles. The van der Waals surface area contributed by atoms with Gasteiger partial charge in [0.1, 0.15) is 23.7 Å². The second-order valence-electron chi connectivity index (χ2n) is 6.11. The highest BCUT2D eigenvalue weighted by Gasteiger charge is 2.31. The molecule has 0 aliphatic carbocycles. The number of ether oxygens (including phenoxy) is 2. The van der Waals surface area contributed by atoms with E-state index in [4.69, 9.17) is 14.6 Å². The number of carbonyl (C=O) groups is 2. The molecular formula is C18H22O6. The van der Waals surface area contributed by atoms with Crippen molar-refractivity contribution in [1.29, 1.82) is 0 Å². The summed E-state index contributed by atoms with van der Waals surface area (Å²) in [7, 11) is 1.51. The normalized spacial score (nSPS) is 15.0. The van der Waals surface area contributed by atoms with Crippen LogP contribution in [0.15, 0.2) is 11.6 Å². The fourth-order valence-electron chi connectivity index (χ4n) is 2.96. The number of benzene rings is 1. The molecule has 1 aromatic carbocycles. The summed E-state index contributed by atoms with van der Waals surface area (Å²) in [5.41, 5.74) is 3.03. The number of hydrogen-bond acceptors (Lipinski definition) is 5. The van der Waals surface area contributed by atoms with E-state index in [-0.39, 0.29) is 17.9 Å². The Hall–Kier alpha value is -2.50. The molecule has 0 bridgehead atoms. The smallest absolute Gasteiger partial charge is 0.342 e. The van der Waals surface area contributed by atoms with Gasteiger partial charge in [0.25, 0.3) is 0 Å². The number of esters is 1. The van der Waals surface area contributed by atoms with Crippen LogP contribution in [-0.4, -0.2) is 29.3 Å². The summed E-state index contributed by atoms with van der Waals surface area (Å²) in [6, 6.07) is 0. The first-order valence-electron chi connectivity index (χ1n) is 7.74. The molecule has 6 nitrogen and oxygen atoms in total. The maximum Gasteiger partial charge on any atom is 0.342 e. The van der Waals surface area contributed by atoms with Crippen LogP contribution in [0.4, 0.5) is 0 Å². The Balaban J connectivity index is 2.37. The van der Waals surface area contributed by atoms with Crippen LogP contribution in [0.1, 0.15) is 47.3 Å². The highest BCUT2D eigenvalue weighted by Crippen LogP contribution is 2.42. The molecule has 0 radical (unpaired) electrons. The van der Waals surface area contributed by atoms with Crippen molar-refractivity contribution in [3.8, 4) is 11.5 Å². The van der Waals surface area contributed by atoms with E-state index >= 15 is 0 Å². The zero-order chi connectivity index (χ0) is 18.0. The lowest BCUT2D eigenvalue weighted by molar-refractivity contribution is -0.141. The number of methoxy groups -OCH3 is 1. The maximum absolute atomic E-state index is 11.8. The highest BCUT2D eigenvalue weighted by atomic mass is 16.5. The summed E-state index contributed by atoms with van der Waals surface area (Å²) in [5, 5.41) is 19.5. The number of phenols is 1. The number of fused-ring (bicyclic) bond motifs is 1. The molecule has 0 aromatic heterocycles. The largest absolute Gasteiger partial charge is 0.507 e. The third-order valence-electron chi connectivity index (χ3n) is 4.35. The molecule has 0 saturated heterocycles. The van der Waals surface area contributed by atoms with Crippen molar-refractivity contribution in [1.82, 2.24) is 0 Å². The van der Waals surface area contributed by atoms with E-state index in [9.17, 15) is 14.7 Å². The lowest BCUT2D eigenvalue weighted by Gasteiger charge is -2.16. The summed E-state index contributed by atoms with van der Waals surface area (Å²) in [6.45, 7) is 5.45. The van der Waals surface area contributed by atoms with E-state index in [1.165, 1.54) is 7.11 Å². The van der Waals surface area contributed by atoms with Gasteiger partial charge in [-0.15, -0.1) is 0 Å². The molecule has 130 valence electrons. The fourth-order valence-corrected chi connectivity index (χ4v) is 2.96. The van der Waals surface area contributed by atoms with E-state index in [1.807, 2.05) is 19.9 Å².